The van der Waals surface area contributed by atoms with Gasteiger partial charge in [-0.3, -0.25) is 4.79 Å². The lowest BCUT2D eigenvalue weighted by atomic mass is 9.85. The van der Waals surface area contributed by atoms with E-state index in [0.29, 0.717) is 30.7 Å². The van der Waals surface area contributed by atoms with E-state index >= 15 is 0 Å². The Morgan fingerprint density at radius 2 is 1.93 bits per heavy atom. The zero-order valence-electron chi connectivity index (χ0n) is 17.2. The van der Waals surface area contributed by atoms with Gasteiger partial charge in [0, 0.05) is 18.5 Å². The number of aliphatic hydroxyl groups is 1. The van der Waals surface area contributed by atoms with Crippen LogP contribution in [0.25, 0.3) is 0 Å². The molecule has 2 aliphatic heterocycles. The van der Waals surface area contributed by atoms with E-state index in [4.69, 9.17) is 9.47 Å². The monoisotopic (exact) mass is 431 g/mol. The number of hydrogen-bond donors (Lipinski definition) is 1. The van der Waals surface area contributed by atoms with Gasteiger partial charge in [-0.05, 0) is 50.6 Å². The summed E-state index contributed by atoms with van der Waals surface area (Å²) in [4.78, 5) is 14.2. The fourth-order valence-electron chi connectivity index (χ4n) is 4.18. The summed E-state index contributed by atoms with van der Waals surface area (Å²) in [6.45, 7) is 4.03. The van der Waals surface area contributed by atoms with Gasteiger partial charge in [-0.25, -0.2) is 8.42 Å². The van der Waals surface area contributed by atoms with Gasteiger partial charge in [0.1, 0.15) is 28.1 Å². The number of amides is 1. The molecule has 2 heterocycles. The first-order chi connectivity index (χ1) is 14.2. The highest BCUT2D eigenvalue weighted by molar-refractivity contribution is 7.91. The van der Waals surface area contributed by atoms with Crippen molar-refractivity contribution in [3.63, 3.8) is 0 Å². The molecule has 1 fully saturated rings. The number of aliphatic hydroxyl groups excluding tert-OH is 1. The van der Waals surface area contributed by atoms with Gasteiger partial charge in [-0.1, -0.05) is 12.1 Å². The first kappa shape index (κ1) is 20.7. The van der Waals surface area contributed by atoms with Gasteiger partial charge < -0.3 is 19.5 Å². The minimum absolute atomic E-state index is 0.0536. The van der Waals surface area contributed by atoms with E-state index in [-0.39, 0.29) is 21.4 Å². The number of likely N-dealkylation sites (tertiary alicyclic amines) is 1. The molecule has 8 heteroatoms. The Morgan fingerprint density at radius 3 is 2.60 bits per heavy atom. The van der Waals surface area contributed by atoms with Gasteiger partial charge in [0.15, 0.2) is 0 Å². The van der Waals surface area contributed by atoms with Crippen molar-refractivity contribution >= 4 is 15.7 Å². The normalized spacial score (nSPS) is 23.1. The van der Waals surface area contributed by atoms with Crippen LogP contribution < -0.4 is 9.47 Å². The Hall–Kier alpha value is -2.58. The highest BCUT2D eigenvalue weighted by Crippen LogP contribution is 2.45. The number of carbonyl (C=O) groups excluding carboxylic acids is 1. The smallest absolute Gasteiger partial charge is 0.223 e. The van der Waals surface area contributed by atoms with Crippen LogP contribution >= 0.6 is 0 Å². The van der Waals surface area contributed by atoms with Crippen molar-refractivity contribution in [2.45, 2.75) is 54.2 Å². The van der Waals surface area contributed by atoms with Crippen LogP contribution in [-0.2, 0) is 14.6 Å². The van der Waals surface area contributed by atoms with Crippen molar-refractivity contribution in [1.29, 1.82) is 0 Å². The van der Waals surface area contributed by atoms with Crippen molar-refractivity contribution in [2.75, 3.05) is 13.7 Å². The number of para-hydroxylation sites is 1. The van der Waals surface area contributed by atoms with Crippen LogP contribution in [0.15, 0.2) is 52.3 Å². The summed E-state index contributed by atoms with van der Waals surface area (Å²) in [7, 11) is -2.47. The van der Waals surface area contributed by atoms with Gasteiger partial charge in [0.2, 0.25) is 15.7 Å². The van der Waals surface area contributed by atoms with Gasteiger partial charge in [-0.2, -0.15) is 0 Å². The molecule has 0 radical (unpaired) electrons. The molecule has 2 atom stereocenters. The zero-order chi connectivity index (χ0) is 21.7. The number of benzene rings is 2. The number of nitrogens with zero attached hydrogens (tertiary/aromatic N) is 1. The molecule has 30 heavy (non-hydrogen) atoms. The van der Waals surface area contributed by atoms with Crippen molar-refractivity contribution in [1.82, 2.24) is 4.90 Å². The topological polar surface area (TPSA) is 93.1 Å². The standard InChI is InChI=1S/C22H25NO6S/c1-22(2)21(25)20(23-12-6-9-19(23)24)15-13-14(10-11-16(15)29-22)30(26,27)18-8-5-4-7-17(18)28-3/h4-5,7-8,10-11,13,20-21,25H,6,9,12H2,1-3H3. The number of rotatable bonds is 4. The Balaban J connectivity index is 1.86. The van der Waals surface area contributed by atoms with E-state index in [1.54, 1.807) is 43.0 Å². The molecule has 1 N–H and O–H groups in total. The van der Waals surface area contributed by atoms with Gasteiger partial charge in [-0.15, -0.1) is 0 Å². The average Bonchev–Trinajstić information content (AvgIpc) is 3.13. The number of sulfone groups is 1. The van der Waals surface area contributed by atoms with E-state index in [2.05, 4.69) is 0 Å². The fourth-order valence-corrected chi connectivity index (χ4v) is 5.64. The molecule has 1 saturated heterocycles. The summed E-state index contributed by atoms with van der Waals surface area (Å²) in [5, 5.41) is 11.0. The first-order valence-corrected chi connectivity index (χ1v) is 11.3. The second-order valence-corrected chi connectivity index (χ2v) is 10.1. The third-order valence-corrected chi connectivity index (χ3v) is 7.59. The number of ether oxygens (including phenoxy) is 2. The molecule has 160 valence electrons. The van der Waals surface area contributed by atoms with E-state index in [1.165, 1.54) is 25.3 Å². The largest absolute Gasteiger partial charge is 0.495 e. The minimum atomic E-state index is -3.89. The van der Waals surface area contributed by atoms with Crippen LogP contribution in [-0.4, -0.2) is 49.7 Å². The van der Waals surface area contributed by atoms with Gasteiger partial charge in [0.05, 0.1) is 18.0 Å². The maximum absolute atomic E-state index is 13.3. The third kappa shape index (κ3) is 3.24. The third-order valence-electron chi connectivity index (χ3n) is 5.80. The molecule has 0 bridgehead atoms. The average molecular weight is 432 g/mol. The summed E-state index contributed by atoms with van der Waals surface area (Å²) in [6.07, 6.45) is 0.118. The predicted molar refractivity (Wildman–Crippen MR) is 109 cm³/mol. The predicted octanol–water partition coefficient (Wildman–Crippen LogP) is 2.72. The van der Waals surface area contributed by atoms with Gasteiger partial charge >= 0.3 is 0 Å². The zero-order valence-corrected chi connectivity index (χ0v) is 18.0. The molecule has 2 aromatic rings. The molecule has 7 nitrogen and oxygen atoms in total. The Labute approximate surface area is 176 Å². The van der Waals surface area contributed by atoms with Crippen LogP contribution in [0.3, 0.4) is 0 Å². The molecule has 0 spiro atoms. The second kappa shape index (κ2) is 7.28. The number of carbonyl (C=O) groups is 1. The van der Waals surface area contributed by atoms with Crippen LogP contribution in [0.2, 0.25) is 0 Å². The molecule has 0 aromatic heterocycles. The number of fused-ring (bicyclic) bond motifs is 1. The fraction of sp³-hybridized carbons (Fsp3) is 0.409. The molecule has 2 aliphatic rings. The van der Waals surface area contributed by atoms with E-state index in [9.17, 15) is 18.3 Å². The van der Waals surface area contributed by atoms with Crippen molar-refractivity contribution in [3.8, 4) is 11.5 Å². The lowest BCUT2D eigenvalue weighted by Crippen LogP contribution is -2.53. The lowest BCUT2D eigenvalue weighted by molar-refractivity contribution is -0.139. The molecule has 2 unspecified atom stereocenters. The number of methoxy groups -OCH3 is 1. The Bertz CT molecular complexity index is 1090. The molecular weight excluding hydrogens is 406 g/mol. The number of hydrogen-bond acceptors (Lipinski definition) is 6. The minimum Gasteiger partial charge on any atom is -0.495 e. The Kier molecular flexibility index (Phi) is 5.02. The van der Waals surface area contributed by atoms with Crippen LogP contribution in [0, 0.1) is 0 Å². The first-order valence-electron chi connectivity index (χ1n) is 9.85. The SMILES string of the molecule is COc1ccccc1S(=O)(=O)c1ccc2c(c1)C(N1CCCC1=O)C(O)C(C)(C)O2. The van der Waals surface area contributed by atoms with E-state index < -0.39 is 27.6 Å². The van der Waals surface area contributed by atoms with Crippen LogP contribution in [0.5, 0.6) is 11.5 Å². The quantitative estimate of drug-likeness (QED) is 0.800. The second-order valence-electron chi connectivity index (χ2n) is 8.14. The highest BCUT2D eigenvalue weighted by atomic mass is 32.2. The molecular formula is C22H25NO6S. The summed E-state index contributed by atoms with van der Waals surface area (Å²) in [5.74, 6) is 0.661. The Morgan fingerprint density at radius 1 is 1.20 bits per heavy atom. The highest BCUT2D eigenvalue weighted by Gasteiger charge is 2.47. The molecule has 4 rings (SSSR count). The van der Waals surface area contributed by atoms with Crippen molar-refractivity contribution < 1.29 is 27.8 Å². The lowest BCUT2D eigenvalue weighted by Gasteiger charge is -2.45. The van der Waals surface area contributed by atoms with E-state index in [0.717, 1.165) is 0 Å². The van der Waals surface area contributed by atoms with E-state index in [1.807, 2.05) is 0 Å². The summed E-state index contributed by atoms with van der Waals surface area (Å²) in [5.41, 5.74) is -0.433. The van der Waals surface area contributed by atoms with Crippen molar-refractivity contribution in [3.05, 3.63) is 48.0 Å². The molecule has 1 amide bonds. The maximum atomic E-state index is 13.3. The molecule has 0 aliphatic carbocycles. The summed E-state index contributed by atoms with van der Waals surface area (Å²) in [6, 6.07) is 10.3. The van der Waals surface area contributed by atoms with Gasteiger partial charge in [0.25, 0.3) is 0 Å². The van der Waals surface area contributed by atoms with Crippen LogP contribution in [0.1, 0.15) is 38.3 Å². The summed E-state index contributed by atoms with van der Waals surface area (Å²) < 4.78 is 37.9. The molecule has 2 aromatic carbocycles. The van der Waals surface area contributed by atoms with Crippen LogP contribution in [0.4, 0.5) is 0 Å². The summed E-state index contributed by atoms with van der Waals surface area (Å²) >= 11 is 0. The maximum Gasteiger partial charge on any atom is 0.223 e. The molecule has 0 saturated carbocycles. The van der Waals surface area contributed by atoms with Crippen molar-refractivity contribution in [2.24, 2.45) is 0 Å².